The highest BCUT2D eigenvalue weighted by atomic mass is 16.2. The molecule has 6 heteroatoms. The Balaban J connectivity index is 1.61. The van der Waals surface area contributed by atoms with Crippen LogP contribution >= 0.6 is 0 Å². The Kier molecular flexibility index (Phi) is 4.36. The molecule has 2 aliphatic rings. The lowest BCUT2D eigenvalue weighted by atomic mass is 10.1. The van der Waals surface area contributed by atoms with Crippen LogP contribution in [0.5, 0.6) is 0 Å². The van der Waals surface area contributed by atoms with E-state index < -0.39 is 0 Å². The smallest absolute Gasteiger partial charge is 0.274 e. The molecule has 1 aromatic carbocycles. The van der Waals surface area contributed by atoms with Crippen molar-refractivity contribution in [2.75, 3.05) is 13.1 Å². The van der Waals surface area contributed by atoms with Gasteiger partial charge in [0.15, 0.2) is 0 Å². The number of aromatic nitrogens is 2. The van der Waals surface area contributed by atoms with Gasteiger partial charge >= 0.3 is 0 Å². The second-order valence-electron chi connectivity index (χ2n) is 6.79. The Morgan fingerprint density at radius 2 is 1.88 bits per heavy atom. The summed E-state index contributed by atoms with van der Waals surface area (Å²) in [7, 11) is 0. The van der Waals surface area contributed by atoms with Crippen LogP contribution in [0.1, 0.15) is 35.3 Å². The van der Waals surface area contributed by atoms with Crippen LogP contribution in [-0.4, -0.2) is 45.8 Å². The number of carbonyl (C=O) groups excluding carboxylic acids is 1. The van der Waals surface area contributed by atoms with E-state index in [-0.39, 0.29) is 23.6 Å². The Bertz CT molecular complexity index is 804. The van der Waals surface area contributed by atoms with Crippen LogP contribution in [0.2, 0.25) is 0 Å². The summed E-state index contributed by atoms with van der Waals surface area (Å²) in [6, 6.07) is 13.2. The highest BCUT2D eigenvalue weighted by molar-refractivity contribution is 5.92. The molecule has 0 spiro atoms. The van der Waals surface area contributed by atoms with E-state index >= 15 is 0 Å². The zero-order chi connectivity index (χ0) is 17.2. The first kappa shape index (κ1) is 16.0. The van der Waals surface area contributed by atoms with Gasteiger partial charge in [0.1, 0.15) is 5.69 Å². The summed E-state index contributed by atoms with van der Waals surface area (Å²) in [5.41, 5.74) is 1.15. The predicted octanol–water partition coefficient (Wildman–Crippen LogP) is 1.26. The van der Waals surface area contributed by atoms with Crippen LogP contribution in [0.15, 0.2) is 47.3 Å². The molecular weight excluding hydrogens is 316 g/mol. The molecule has 2 aromatic rings. The van der Waals surface area contributed by atoms with Gasteiger partial charge in [0.25, 0.3) is 11.5 Å². The Labute approximate surface area is 146 Å². The van der Waals surface area contributed by atoms with Crippen LogP contribution < -0.4 is 10.9 Å². The third-order valence-corrected chi connectivity index (χ3v) is 5.15. The lowest BCUT2D eigenvalue weighted by Gasteiger charge is -2.27. The van der Waals surface area contributed by atoms with E-state index in [0.717, 1.165) is 37.9 Å². The van der Waals surface area contributed by atoms with Crippen LogP contribution in [0.3, 0.4) is 0 Å². The SMILES string of the molecule is O=C(c1ccc(=O)n(Cc2ccccc2)n1)N1C2CCNCC1CC2. The van der Waals surface area contributed by atoms with Crippen molar-refractivity contribution in [1.29, 1.82) is 0 Å². The third kappa shape index (κ3) is 3.22. The average Bonchev–Trinajstić information content (AvgIpc) is 2.90. The van der Waals surface area contributed by atoms with Crippen molar-refractivity contribution in [3.05, 3.63) is 64.1 Å². The first-order chi connectivity index (χ1) is 12.2. The lowest BCUT2D eigenvalue weighted by Crippen LogP contribution is -2.43. The topological polar surface area (TPSA) is 67.2 Å². The molecule has 130 valence electrons. The molecule has 25 heavy (non-hydrogen) atoms. The van der Waals surface area contributed by atoms with Gasteiger partial charge < -0.3 is 10.2 Å². The quantitative estimate of drug-likeness (QED) is 0.915. The van der Waals surface area contributed by atoms with Crippen molar-refractivity contribution in [2.45, 2.75) is 37.9 Å². The van der Waals surface area contributed by atoms with Crippen molar-refractivity contribution in [3.8, 4) is 0 Å². The van der Waals surface area contributed by atoms with E-state index in [4.69, 9.17) is 0 Å². The summed E-state index contributed by atoms with van der Waals surface area (Å²) in [5, 5.41) is 7.76. The minimum absolute atomic E-state index is 0.0574. The molecule has 1 amide bonds. The maximum absolute atomic E-state index is 13.0. The minimum atomic E-state index is -0.194. The molecule has 6 nitrogen and oxygen atoms in total. The molecule has 0 radical (unpaired) electrons. The van der Waals surface area contributed by atoms with E-state index in [0.29, 0.717) is 12.2 Å². The van der Waals surface area contributed by atoms with Gasteiger partial charge in [-0.05, 0) is 37.4 Å². The van der Waals surface area contributed by atoms with Crippen molar-refractivity contribution >= 4 is 5.91 Å². The third-order valence-electron chi connectivity index (χ3n) is 5.15. The zero-order valence-corrected chi connectivity index (χ0v) is 14.1. The molecule has 3 heterocycles. The number of rotatable bonds is 3. The van der Waals surface area contributed by atoms with Crippen LogP contribution in [-0.2, 0) is 6.54 Å². The molecule has 1 aromatic heterocycles. The fourth-order valence-corrected chi connectivity index (χ4v) is 3.88. The summed E-state index contributed by atoms with van der Waals surface area (Å²) in [6.45, 7) is 2.16. The van der Waals surface area contributed by atoms with Crippen LogP contribution in [0.25, 0.3) is 0 Å². The molecule has 2 aliphatic heterocycles. The summed E-state index contributed by atoms with van der Waals surface area (Å²) < 4.78 is 1.38. The second kappa shape index (κ2) is 6.80. The van der Waals surface area contributed by atoms with Gasteiger partial charge in [-0.25, -0.2) is 4.68 Å². The van der Waals surface area contributed by atoms with E-state index in [2.05, 4.69) is 10.4 Å². The minimum Gasteiger partial charge on any atom is -0.330 e. The Morgan fingerprint density at radius 1 is 1.08 bits per heavy atom. The van der Waals surface area contributed by atoms with Gasteiger partial charge in [0, 0.05) is 24.7 Å². The highest BCUT2D eigenvalue weighted by Crippen LogP contribution is 2.29. The molecule has 2 atom stereocenters. The molecule has 2 unspecified atom stereocenters. The monoisotopic (exact) mass is 338 g/mol. The fraction of sp³-hybridized carbons (Fsp3) is 0.421. The number of nitrogens with zero attached hydrogens (tertiary/aromatic N) is 3. The summed E-state index contributed by atoms with van der Waals surface area (Å²) in [4.78, 5) is 27.2. The highest BCUT2D eigenvalue weighted by Gasteiger charge is 2.38. The summed E-state index contributed by atoms with van der Waals surface area (Å²) >= 11 is 0. The molecule has 4 rings (SSSR count). The number of benzene rings is 1. The molecule has 0 aliphatic carbocycles. The van der Waals surface area contributed by atoms with Crippen molar-refractivity contribution < 1.29 is 4.79 Å². The van der Waals surface area contributed by atoms with Crippen LogP contribution in [0, 0.1) is 0 Å². The number of hydrogen-bond donors (Lipinski definition) is 1. The van der Waals surface area contributed by atoms with E-state index in [1.165, 1.54) is 10.7 Å². The van der Waals surface area contributed by atoms with Gasteiger partial charge in [-0.15, -0.1) is 0 Å². The fourth-order valence-electron chi connectivity index (χ4n) is 3.88. The molecular formula is C19H22N4O2. The average molecular weight is 338 g/mol. The van der Waals surface area contributed by atoms with Gasteiger partial charge in [-0.1, -0.05) is 30.3 Å². The van der Waals surface area contributed by atoms with Gasteiger partial charge in [0.05, 0.1) is 6.54 Å². The number of amides is 1. The van der Waals surface area contributed by atoms with E-state index in [1.54, 1.807) is 6.07 Å². The number of fused-ring (bicyclic) bond motifs is 2. The lowest BCUT2D eigenvalue weighted by molar-refractivity contribution is 0.0671. The maximum atomic E-state index is 13.0. The largest absolute Gasteiger partial charge is 0.330 e. The molecule has 2 fully saturated rings. The summed E-state index contributed by atoms with van der Waals surface area (Å²) in [5.74, 6) is -0.0574. The van der Waals surface area contributed by atoms with Crippen molar-refractivity contribution in [3.63, 3.8) is 0 Å². The molecule has 2 saturated heterocycles. The van der Waals surface area contributed by atoms with Crippen molar-refractivity contribution in [2.24, 2.45) is 0 Å². The predicted molar refractivity (Wildman–Crippen MR) is 94.5 cm³/mol. The standard InChI is InChI=1S/C19H22N4O2/c24-18-9-8-17(21-22(18)13-14-4-2-1-3-5-14)19(25)23-15-6-7-16(23)12-20-11-10-15/h1-5,8-9,15-16,20H,6-7,10-13H2. The van der Waals surface area contributed by atoms with Gasteiger partial charge in [-0.2, -0.15) is 5.10 Å². The molecule has 0 saturated carbocycles. The second-order valence-corrected chi connectivity index (χ2v) is 6.79. The molecule has 2 bridgehead atoms. The number of nitrogens with one attached hydrogen (secondary N) is 1. The summed E-state index contributed by atoms with van der Waals surface area (Å²) in [6.07, 6.45) is 3.07. The zero-order valence-electron chi connectivity index (χ0n) is 14.1. The van der Waals surface area contributed by atoms with Crippen molar-refractivity contribution in [1.82, 2.24) is 20.0 Å². The Morgan fingerprint density at radius 3 is 2.72 bits per heavy atom. The van der Waals surface area contributed by atoms with E-state index in [1.807, 2.05) is 35.2 Å². The number of hydrogen-bond acceptors (Lipinski definition) is 4. The number of carbonyl (C=O) groups is 1. The van der Waals surface area contributed by atoms with Crippen LogP contribution in [0.4, 0.5) is 0 Å². The first-order valence-corrected chi connectivity index (χ1v) is 8.88. The van der Waals surface area contributed by atoms with E-state index in [9.17, 15) is 9.59 Å². The maximum Gasteiger partial charge on any atom is 0.274 e. The Hall–Kier alpha value is -2.47. The first-order valence-electron chi connectivity index (χ1n) is 8.88. The normalized spacial score (nSPS) is 22.6. The van der Waals surface area contributed by atoms with Gasteiger partial charge in [-0.3, -0.25) is 9.59 Å². The van der Waals surface area contributed by atoms with Gasteiger partial charge in [0.2, 0.25) is 0 Å². The molecule has 1 N–H and O–H groups in total.